The number of aromatic nitrogens is 4. The first-order valence-corrected chi connectivity index (χ1v) is 13.8. The Hall–Kier alpha value is -3.05. The number of hydrogen-bond donors (Lipinski definition) is 2. The summed E-state index contributed by atoms with van der Waals surface area (Å²) in [7, 11) is 0. The lowest BCUT2D eigenvalue weighted by Crippen LogP contribution is -2.41. The van der Waals surface area contributed by atoms with Crippen LogP contribution >= 0.6 is 23.4 Å². The summed E-state index contributed by atoms with van der Waals surface area (Å²) in [5, 5.41) is 12.7. The maximum absolute atomic E-state index is 12.4. The van der Waals surface area contributed by atoms with Crippen molar-refractivity contribution in [3.63, 3.8) is 0 Å². The molecule has 10 nitrogen and oxygen atoms in total. The quantitative estimate of drug-likeness (QED) is 0.326. The van der Waals surface area contributed by atoms with E-state index in [9.17, 15) is 9.59 Å². The summed E-state index contributed by atoms with van der Waals surface area (Å²) in [6, 6.07) is 5.79. The van der Waals surface area contributed by atoms with E-state index in [1.165, 1.54) is 11.8 Å². The number of fused-ring (bicyclic) bond motifs is 1. The Labute approximate surface area is 225 Å². The van der Waals surface area contributed by atoms with E-state index in [4.69, 9.17) is 22.1 Å². The largest absolute Gasteiger partial charge is 0.444 e. The van der Waals surface area contributed by atoms with Gasteiger partial charge in [-0.3, -0.25) is 9.20 Å². The molecular formula is C25H32ClN7O3S. The van der Waals surface area contributed by atoms with E-state index in [-0.39, 0.29) is 23.4 Å². The molecule has 0 spiro atoms. The molecule has 0 atom stereocenters. The molecule has 2 aromatic heterocycles. The molecule has 2 amide bonds. The third kappa shape index (κ3) is 5.77. The van der Waals surface area contributed by atoms with E-state index in [0.29, 0.717) is 46.8 Å². The highest BCUT2D eigenvalue weighted by molar-refractivity contribution is 7.98. The molecule has 0 bridgehead atoms. The van der Waals surface area contributed by atoms with E-state index in [1.54, 1.807) is 9.30 Å². The van der Waals surface area contributed by atoms with Crippen LogP contribution in [0.15, 0.2) is 23.4 Å². The number of rotatable bonds is 6. The van der Waals surface area contributed by atoms with Crippen molar-refractivity contribution in [2.45, 2.75) is 63.6 Å². The second-order valence-electron chi connectivity index (χ2n) is 9.92. The number of benzene rings is 1. The molecule has 37 heavy (non-hydrogen) atoms. The molecular weight excluding hydrogens is 514 g/mol. The van der Waals surface area contributed by atoms with Gasteiger partial charge >= 0.3 is 6.09 Å². The third-order valence-corrected chi connectivity index (χ3v) is 7.15. The van der Waals surface area contributed by atoms with Gasteiger partial charge in [0, 0.05) is 19.5 Å². The number of carbonyl (C=O) groups excluding carboxylic acids is 2. The molecule has 1 aromatic carbocycles. The number of halogens is 1. The average Bonchev–Trinajstić information content (AvgIpc) is 3.27. The molecule has 12 heteroatoms. The fourth-order valence-electron chi connectivity index (χ4n) is 4.41. The van der Waals surface area contributed by atoms with Gasteiger partial charge in [-0.2, -0.15) is 0 Å². The molecule has 3 aromatic rings. The zero-order valence-electron chi connectivity index (χ0n) is 21.7. The van der Waals surface area contributed by atoms with Gasteiger partial charge < -0.3 is 20.7 Å². The number of nitrogens with one attached hydrogen (secondary N) is 1. The molecule has 0 unspecified atom stereocenters. The van der Waals surface area contributed by atoms with Gasteiger partial charge in [-0.05, 0) is 63.5 Å². The Kier molecular flexibility index (Phi) is 7.84. The van der Waals surface area contributed by atoms with E-state index < -0.39 is 11.5 Å². The van der Waals surface area contributed by atoms with E-state index in [2.05, 4.69) is 20.5 Å². The number of ether oxygens (including phenoxy) is 1. The van der Waals surface area contributed by atoms with Crippen molar-refractivity contribution in [3.05, 3.63) is 40.2 Å². The van der Waals surface area contributed by atoms with Crippen molar-refractivity contribution >= 4 is 52.5 Å². The molecule has 3 N–H and O–H groups in total. The average molecular weight is 546 g/mol. The van der Waals surface area contributed by atoms with Crippen molar-refractivity contribution in [1.29, 1.82) is 0 Å². The number of thioether (sulfide) groups is 1. The fraction of sp³-hybridized carbons (Fsp3) is 0.480. The highest BCUT2D eigenvalue weighted by Gasteiger charge is 2.28. The zero-order valence-corrected chi connectivity index (χ0v) is 23.2. The molecule has 198 valence electrons. The lowest BCUT2D eigenvalue weighted by molar-refractivity contribution is 0.0204. The number of piperidine rings is 1. The third-order valence-electron chi connectivity index (χ3n) is 6.20. The van der Waals surface area contributed by atoms with Crippen LogP contribution in [0.25, 0.3) is 5.65 Å². The molecule has 0 saturated carbocycles. The van der Waals surface area contributed by atoms with Gasteiger partial charge in [-0.1, -0.05) is 36.4 Å². The number of nitrogens with two attached hydrogens (primary N) is 1. The summed E-state index contributed by atoms with van der Waals surface area (Å²) in [5.74, 6) is 0.584. The van der Waals surface area contributed by atoms with Crippen LogP contribution in [0.1, 0.15) is 68.2 Å². The van der Waals surface area contributed by atoms with Crippen molar-refractivity contribution in [3.8, 4) is 0 Å². The highest BCUT2D eigenvalue weighted by Crippen LogP contribution is 2.35. The molecule has 1 aliphatic heterocycles. The number of hydrogen-bond acceptors (Lipinski definition) is 8. The van der Waals surface area contributed by atoms with Crippen molar-refractivity contribution in [2.75, 3.05) is 24.7 Å². The van der Waals surface area contributed by atoms with E-state index in [1.807, 2.05) is 52.1 Å². The molecule has 3 heterocycles. The Balaban J connectivity index is 1.55. The van der Waals surface area contributed by atoms with Crippen LogP contribution in [0, 0.1) is 0 Å². The lowest BCUT2D eigenvalue weighted by Gasteiger charge is -2.33. The normalized spacial score (nSPS) is 14.7. The smallest absolute Gasteiger partial charge is 0.410 e. The number of carbonyl (C=O) groups is 2. The summed E-state index contributed by atoms with van der Waals surface area (Å²) in [5.41, 5.74) is 7.41. The lowest BCUT2D eigenvalue weighted by atomic mass is 9.89. The number of amides is 2. The first-order valence-electron chi connectivity index (χ1n) is 12.2. The van der Waals surface area contributed by atoms with Gasteiger partial charge in [0.2, 0.25) is 0 Å². The molecule has 1 saturated heterocycles. The minimum absolute atomic E-state index is 0.152. The summed E-state index contributed by atoms with van der Waals surface area (Å²) >= 11 is 8.09. The monoisotopic (exact) mass is 545 g/mol. The van der Waals surface area contributed by atoms with Crippen LogP contribution in [-0.4, -0.2) is 61.4 Å². The van der Waals surface area contributed by atoms with Crippen LogP contribution in [0.3, 0.4) is 0 Å². The standard InChI is InChI=1S/C25H32ClN7O3S/c1-6-18-30-31-22-19(20(27)34)21(29-23(37-5)33(18)22)28-17-8-7-15(13-16(17)26)14-9-11-32(12-10-14)24(35)36-25(2,3)4/h7-8,13-14,28H,6,9-12H2,1-5H3,(H2,27,34). The maximum atomic E-state index is 12.4. The highest BCUT2D eigenvalue weighted by atomic mass is 35.5. The van der Waals surface area contributed by atoms with Crippen LogP contribution < -0.4 is 11.1 Å². The second-order valence-corrected chi connectivity index (χ2v) is 11.1. The van der Waals surface area contributed by atoms with E-state index in [0.717, 1.165) is 18.4 Å². The molecule has 4 rings (SSSR count). The molecule has 1 fully saturated rings. The number of aryl methyl sites for hydroxylation is 1. The summed E-state index contributed by atoms with van der Waals surface area (Å²) in [4.78, 5) is 31.2. The molecule has 0 aliphatic carbocycles. The van der Waals surface area contributed by atoms with Crippen molar-refractivity contribution < 1.29 is 14.3 Å². The predicted octanol–water partition coefficient (Wildman–Crippen LogP) is 5.02. The first-order chi connectivity index (χ1) is 17.5. The van der Waals surface area contributed by atoms with Gasteiger partial charge in [0.25, 0.3) is 5.91 Å². The SMILES string of the molecule is CCc1nnc2c(C(N)=O)c(Nc3ccc(C4CCN(C(=O)OC(C)(C)C)CC4)cc3Cl)nc(SC)n12. The van der Waals surface area contributed by atoms with Crippen LogP contribution in [-0.2, 0) is 11.2 Å². The summed E-state index contributed by atoms with van der Waals surface area (Å²) < 4.78 is 7.25. The summed E-state index contributed by atoms with van der Waals surface area (Å²) in [6.45, 7) is 8.81. The van der Waals surface area contributed by atoms with Gasteiger partial charge in [-0.15, -0.1) is 10.2 Å². The van der Waals surface area contributed by atoms with Crippen LogP contribution in [0.4, 0.5) is 16.3 Å². The van der Waals surface area contributed by atoms with Crippen molar-refractivity contribution in [2.24, 2.45) is 5.73 Å². The van der Waals surface area contributed by atoms with E-state index >= 15 is 0 Å². The second kappa shape index (κ2) is 10.7. The van der Waals surface area contributed by atoms with Gasteiger partial charge in [0.15, 0.2) is 10.8 Å². The summed E-state index contributed by atoms with van der Waals surface area (Å²) in [6.07, 6.45) is 3.88. The molecule has 0 radical (unpaired) electrons. The minimum atomic E-state index is -0.660. The zero-order chi connectivity index (χ0) is 26.9. The topological polar surface area (TPSA) is 128 Å². The Morgan fingerprint density at radius 1 is 1.24 bits per heavy atom. The van der Waals surface area contributed by atoms with Crippen LogP contribution in [0.5, 0.6) is 0 Å². The van der Waals surface area contributed by atoms with Gasteiger partial charge in [0.05, 0.1) is 10.7 Å². The fourth-order valence-corrected chi connectivity index (χ4v) is 5.20. The Bertz CT molecular complexity index is 1330. The predicted molar refractivity (Wildman–Crippen MR) is 145 cm³/mol. The number of anilines is 2. The van der Waals surface area contributed by atoms with Crippen LogP contribution in [0.2, 0.25) is 5.02 Å². The van der Waals surface area contributed by atoms with Crippen molar-refractivity contribution in [1.82, 2.24) is 24.5 Å². The Morgan fingerprint density at radius 2 is 1.95 bits per heavy atom. The number of primary amides is 1. The van der Waals surface area contributed by atoms with Gasteiger partial charge in [0.1, 0.15) is 22.8 Å². The number of likely N-dealkylation sites (tertiary alicyclic amines) is 1. The van der Waals surface area contributed by atoms with Gasteiger partial charge in [-0.25, -0.2) is 9.78 Å². The minimum Gasteiger partial charge on any atom is -0.444 e. The maximum Gasteiger partial charge on any atom is 0.410 e. The molecule has 1 aliphatic rings. The number of nitrogens with zero attached hydrogens (tertiary/aromatic N) is 5. The Morgan fingerprint density at radius 3 is 2.51 bits per heavy atom. The first kappa shape index (κ1) is 27.0.